The van der Waals surface area contributed by atoms with E-state index in [1.807, 2.05) is 18.2 Å². The number of nitrogens with zero attached hydrogens (tertiary/aromatic N) is 1. The average Bonchev–Trinajstić information content (AvgIpc) is 2.71. The van der Waals surface area contributed by atoms with Gasteiger partial charge in [0.25, 0.3) is 0 Å². The third-order valence-electron chi connectivity index (χ3n) is 3.41. The monoisotopic (exact) mass is 308 g/mol. The molecule has 20 heavy (non-hydrogen) atoms. The number of benzene rings is 1. The van der Waals surface area contributed by atoms with Gasteiger partial charge in [0.1, 0.15) is 0 Å². The van der Waals surface area contributed by atoms with E-state index < -0.39 is 0 Å². The Hall–Kier alpha value is -0.900. The van der Waals surface area contributed by atoms with E-state index in [-0.39, 0.29) is 0 Å². The van der Waals surface area contributed by atoms with Crippen LogP contribution >= 0.6 is 22.9 Å². The summed E-state index contributed by atoms with van der Waals surface area (Å²) >= 11 is 8.06. The molecule has 0 spiro atoms. The molecule has 1 unspecified atom stereocenters. The van der Waals surface area contributed by atoms with Crippen LogP contribution in [-0.4, -0.2) is 17.6 Å². The van der Waals surface area contributed by atoms with Crippen molar-refractivity contribution in [3.8, 4) is 0 Å². The maximum absolute atomic E-state index is 6.26. The van der Waals surface area contributed by atoms with Gasteiger partial charge in [-0.1, -0.05) is 36.7 Å². The second-order valence-electron chi connectivity index (χ2n) is 5.00. The van der Waals surface area contributed by atoms with Crippen LogP contribution in [-0.2, 0) is 12.8 Å². The van der Waals surface area contributed by atoms with E-state index >= 15 is 0 Å². The van der Waals surface area contributed by atoms with Crippen molar-refractivity contribution in [2.75, 3.05) is 6.54 Å². The van der Waals surface area contributed by atoms with E-state index in [1.54, 1.807) is 11.3 Å². The number of hydrogen-bond acceptors (Lipinski definition) is 3. The molecule has 1 aromatic heterocycles. The van der Waals surface area contributed by atoms with E-state index in [4.69, 9.17) is 11.6 Å². The Morgan fingerprint density at radius 1 is 1.25 bits per heavy atom. The molecular weight excluding hydrogens is 288 g/mol. The molecule has 0 amide bonds. The summed E-state index contributed by atoms with van der Waals surface area (Å²) in [6, 6.07) is 8.46. The average molecular weight is 309 g/mol. The number of rotatable bonds is 6. The molecule has 2 rings (SSSR count). The maximum Gasteiger partial charge on any atom is 0.0946 e. The largest absolute Gasteiger partial charge is 0.314 e. The Kier molecular flexibility index (Phi) is 5.58. The minimum Gasteiger partial charge on any atom is -0.314 e. The lowest BCUT2D eigenvalue weighted by atomic mass is 10.0. The van der Waals surface area contributed by atoms with Crippen molar-refractivity contribution in [2.24, 2.45) is 0 Å². The molecule has 2 nitrogen and oxygen atoms in total. The number of halogens is 1. The molecule has 0 aliphatic heterocycles. The number of aryl methyl sites for hydroxylation is 2. The zero-order chi connectivity index (χ0) is 14.5. The summed E-state index contributed by atoms with van der Waals surface area (Å²) < 4.78 is 0. The number of hydrogen-bond donors (Lipinski definition) is 1. The van der Waals surface area contributed by atoms with Crippen molar-refractivity contribution in [2.45, 2.75) is 39.7 Å². The van der Waals surface area contributed by atoms with Crippen LogP contribution in [0.3, 0.4) is 0 Å². The summed E-state index contributed by atoms with van der Waals surface area (Å²) in [7, 11) is 0. The number of aromatic nitrogens is 1. The third kappa shape index (κ3) is 4.05. The van der Waals surface area contributed by atoms with Gasteiger partial charge in [0.05, 0.1) is 10.7 Å². The zero-order valence-corrected chi connectivity index (χ0v) is 13.8. The van der Waals surface area contributed by atoms with Crippen LogP contribution in [0.15, 0.2) is 24.3 Å². The quantitative estimate of drug-likeness (QED) is 0.866. The van der Waals surface area contributed by atoms with Gasteiger partial charge in [-0.15, -0.1) is 11.3 Å². The molecule has 2 aromatic rings. The van der Waals surface area contributed by atoms with Gasteiger partial charge in [-0.05, 0) is 38.4 Å². The van der Waals surface area contributed by atoms with E-state index in [2.05, 4.69) is 37.1 Å². The highest BCUT2D eigenvalue weighted by Crippen LogP contribution is 2.21. The molecule has 108 valence electrons. The van der Waals surface area contributed by atoms with Gasteiger partial charge in [0.2, 0.25) is 0 Å². The van der Waals surface area contributed by atoms with E-state index in [0.717, 1.165) is 30.1 Å². The maximum atomic E-state index is 6.26. The molecule has 1 aromatic carbocycles. The van der Waals surface area contributed by atoms with Gasteiger partial charge < -0.3 is 5.32 Å². The zero-order valence-electron chi connectivity index (χ0n) is 12.2. The predicted molar refractivity (Wildman–Crippen MR) is 87.9 cm³/mol. The molecule has 1 N–H and O–H groups in total. The Labute approximate surface area is 130 Å². The van der Waals surface area contributed by atoms with E-state index in [9.17, 15) is 0 Å². The molecule has 0 aliphatic rings. The Bertz CT molecular complexity index is 546. The standard InChI is InChI=1S/C16H21ClN2S/c1-4-18-14(9-13-7-5-6-8-15(13)17)10-16-19-11(2)12(3)20-16/h5-8,14,18H,4,9-10H2,1-3H3. The van der Waals surface area contributed by atoms with Crippen LogP contribution in [0.4, 0.5) is 0 Å². The van der Waals surface area contributed by atoms with Crippen molar-refractivity contribution in [1.82, 2.24) is 10.3 Å². The Balaban J connectivity index is 2.09. The first-order valence-corrected chi connectivity index (χ1v) is 8.19. The number of thiazole rings is 1. The van der Waals surface area contributed by atoms with Gasteiger partial charge in [-0.2, -0.15) is 0 Å². The molecule has 1 atom stereocenters. The van der Waals surface area contributed by atoms with Crippen molar-refractivity contribution in [1.29, 1.82) is 0 Å². The summed E-state index contributed by atoms with van der Waals surface area (Å²) in [5, 5.41) is 5.60. The fourth-order valence-corrected chi connectivity index (χ4v) is 3.50. The van der Waals surface area contributed by atoms with Crippen molar-refractivity contribution in [3.05, 3.63) is 50.4 Å². The lowest BCUT2D eigenvalue weighted by Crippen LogP contribution is -2.33. The van der Waals surface area contributed by atoms with Gasteiger partial charge in [-0.25, -0.2) is 4.98 Å². The van der Waals surface area contributed by atoms with Crippen molar-refractivity contribution in [3.63, 3.8) is 0 Å². The minimum atomic E-state index is 0.379. The van der Waals surface area contributed by atoms with Crippen LogP contribution in [0.25, 0.3) is 0 Å². The van der Waals surface area contributed by atoms with Crippen LogP contribution < -0.4 is 5.32 Å². The molecule has 0 radical (unpaired) electrons. The number of nitrogens with one attached hydrogen (secondary N) is 1. The summed E-state index contributed by atoms with van der Waals surface area (Å²) in [5.41, 5.74) is 2.35. The first kappa shape index (κ1) is 15.5. The highest BCUT2D eigenvalue weighted by Gasteiger charge is 2.14. The molecular formula is C16H21ClN2S. The second-order valence-corrected chi connectivity index (χ2v) is 6.70. The van der Waals surface area contributed by atoms with Crippen molar-refractivity contribution >= 4 is 22.9 Å². The SMILES string of the molecule is CCNC(Cc1nc(C)c(C)s1)Cc1ccccc1Cl. The molecule has 0 saturated carbocycles. The summed E-state index contributed by atoms with van der Waals surface area (Å²) in [6.07, 6.45) is 1.89. The molecule has 1 heterocycles. The first-order chi connectivity index (χ1) is 9.60. The molecule has 0 bridgehead atoms. The first-order valence-electron chi connectivity index (χ1n) is 6.99. The minimum absolute atomic E-state index is 0.379. The summed E-state index contributed by atoms with van der Waals surface area (Å²) in [4.78, 5) is 5.95. The summed E-state index contributed by atoms with van der Waals surface area (Å²) in [5.74, 6) is 0. The van der Waals surface area contributed by atoms with Gasteiger partial charge in [-0.3, -0.25) is 0 Å². The number of likely N-dealkylation sites (N-methyl/N-ethyl adjacent to an activating group) is 1. The van der Waals surface area contributed by atoms with Crippen LogP contribution in [0.2, 0.25) is 5.02 Å². The highest BCUT2D eigenvalue weighted by molar-refractivity contribution is 7.11. The van der Waals surface area contributed by atoms with E-state index in [0.29, 0.717) is 6.04 Å². The fraction of sp³-hybridized carbons (Fsp3) is 0.438. The molecule has 0 aliphatic carbocycles. The van der Waals surface area contributed by atoms with Crippen molar-refractivity contribution < 1.29 is 0 Å². The van der Waals surface area contributed by atoms with E-state index in [1.165, 1.54) is 15.4 Å². The van der Waals surface area contributed by atoms with Gasteiger partial charge in [0, 0.05) is 22.4 Å². The third-order valence-corrected chi connectivity index (χ3v) is 4.87. The van der Waals surface area contributed by atoms with Crippen LogP contribution in [0.5, 0.6) is 0 Å². The van der Waals surface area contributed by atoms with Crippen LogP contribution in [0.1, 0.15) is 28.1 Å². The second kappa shape index (κ2) is 7.21. The fourth-order valence-electron chi connectivity index (χ4n) is 2.27. The van der Waals surface area contributed by atoms with Gasteiger partial charge in [0.15, 0.2) is 0 Å². The highest BCUT2D eigenvalue weighted by atomic mass is 35.5. The predicted octanol–water partition coefficient (Wildman–Crippen LogP) is 4.18. The van der Waals surface area contributed by atoms with Crippen LogP contribution in [0, 0.1) is 13.8 Å². The lowest BCUT2D eigenvalue weighted by Gasteiger charge is -2.17. The smallest absolute Gasteiger partial charge is 0.0946 e. The molecule has 4 heteroatoms. The topological polar surface area (TPSA) is 24.9 Å². The molecule has 0 saturated heterocycles. The normalized spacial score (nSPS) is 12.6. The molecule has 0 fully saturated rings. The van der Waals surface area contributed by atoms with Gasteiger partial charge >= 0.3 is 0 Å². The Morgan fingerprint density at radius 3 is 2.60 bits per heavy atom. The summed E-state index contributed by atoms with van der Waals surface area (Å²) in [6.45, 7) is 7.30. The Morgan fingerprint density at radius 2 is 2.00 bits per heavy atom. The lowest BCUT2D eigenvalue weighted by molar-refractivity contribution is 0.520.